The maximum atomic E-state index is 12.0. The quantitative estimate of drug-likeness (QED) is 0.681. The number of hydrogen-bond donors (Lipinski definition) is 3. The molecule has 2 aromatic heterocycles. The van der Waals surface area contributed by atoms with E-state index in [1.54, 1.807) is 6.07 Å². The van der Waals surface area contributed by atoms with Crippen LogP contribution < -0.4 is 10.6 Å². The number of aromatic nitrogens is 2. The highest BCUT2D eigenvalue weighted by Gasteiger charge is 2.11. The van der Waals surface area contributed by atoms with Crippen molar-refractivity contribution in [2.75, 3.05) is 10.6 Å². The van der Waals surface area contributed by atoms with E-state index in [1.165, 1.54) is 0 Å². The largest absolute Gasteiger partial charge is 0.359 e. The van der Waals surface area contributed by atoms with E-state index in [9.17, 15) is 4.79 Å². The SMILES string of the molecule is CC(C)c1cc(NC(=O)Nc2cccc3cc[nH]c23)no1. The average molecular weight is 284 g/mol. The summed E-state index contributed by atoms with van der Waals surface area (Å²) in [6.07, 6.45) is 1.83. The summed E-state index contributed by atoms with van der Waals surface area (Å²) < 4.78 is 5.14. The molecule has 0 saturated carbocycles. The summed E-state index contributed by atoms with van der Waals surface area (Å²) in [5, 5.41) is 10.3. The Bertz CT molecular complexity index is 773. The van der Waals surface area contributed by atoms with E-state index in [0.29, 0.717) is 11.5 Å². The zero-order valence-corrected chi connectivity index (χ0v) is 11.8. The summed E-state index contributed by atoms with van der Waals surface area (Å²) in [4.78, 5) is 15.1. The molecule has 3 aromatic rings. The maximum absolute atomic E-state index is 12.0. The molecule has 0 saturated heterocycles. The van der Waals surface area contributed by atoms with E-state index in [4.69, 9.17) is 4.52 Å². The third-order valence-corrected chi connectivity index (χ3v) is 3.17. The van der Waals surface area contributed by atoms with Crippen LogP contribution in [0.2, 0.25) is 0 Å². The first-order valence-electron chi connectivity index (χ1n) is 6.74. The van der Waals surface area contributed by atoms with Crippen molar-refractivity contribution in [3.63, 3.8) is 0 Å². The third-order valence-electron chi connectivity index (χ3n) is 3.17. The van der Waals surface area contributed by atoms with Crippen molar-refractivity contribution < 1.29 is 9.32 Å². The number of aromatic amines is 1. The Labute approximate surface area is 121 Å². The van der Waals surface area contributed by atoms with Crippen LogP contribution in [0.3, 0.4) is 0 Å². The first kappa shape index (κ1) is 13.2. The van der Waals surface area contributed by atoms with Crippen molar-refractivity contribution in [2.45, 2.75) is 19.8 Å². The summed E-state index contributed by atoms with van der Waals surface area (Å²) in [7, 11) is 0. The molecule has 0 aliphatic heterocycles. The molecular weight excluding hydrogens is 268 g/mol. The van der Waals surface area contributed by atoms with E-state index in [2.05, 4.69) is 20.8 Å². The number of urea groups is 1. The Morgan fingerprint density at radius 2 is 2.14 bits per heavy atom. The Hall–Kier alpha value is -2.76. The Kier molecular flexibility index (Phi) is 3.35. The molecule has 3 rings (SSSR count). The van der Waals surface area contributed by atoms with Crippen molar-refractivity contribution >= 4 is 28.4 Å². The van der Waals surface area contributed by atoms with Gasteiger partial charge in [-0.2, -0.15) is 0 Å². The number of carbonyl (C=O) groups is 1. The highest BCUT2D eigenvalue weighted by Crippen LogP contribution is 2.22. The van der Waals surface area contributed by atoms with Crippen LogP contribution in [-0.2, 0) is 0 Å². The van der Waals surface area contributed by atoms with Crippen LogP contribution in [0, 0.1) is 0 Å². The lowest BCUT2D eigenvalue weighted by molar-refractivity contribution is 0.262. The molecule has 1 aromatic carbocycles. The second kappa shape index (κ2) is 5.32. The smallest absolute Gasteiger partial charge is 0.325 e. The standard InChI is InChI=1S/C15H16N4O2/c1-9(2)12-8-13(19-21-12)18-15(20)17-11-5-3-4-10-6-7-16-14(10)11/h3-9,16H,1-2H3,(H2,17,18,19,20). The summed E-state index contributed by atoms with van der Waals surface area (Å²) in [5.74, 6) is 1.36. The lowest BCUT2D eigenvalue weighted by Gasteiger charge is -2.06. The van der Waals surface area contributed by atoms with Gasteiger partial charge in [0.1, 0.15) is 5.76 Å². The number of fused-ring (bicyclic) bond motifs is 1. The molecule has 6 heteroatoms. The molecule has 2 heterocycles. The first-order chi connectivity index (χ1) is 10.1. The number of anilines is 2. The van der Waals surface area contributed by atoms with E-state index >= 15 is 0 Å². The second-order valence-electron chi connectivity index (χ2n) is 5.10. The molecule has 0 bridgehead atoms. The van der Waals surface area contributed by atoms with Crippen LogP contribution >= 0.6 is 0 Å². The predicted molar refractivity (Wildman–Crippen MR) is 81.5 cm³/mol. The van der Waals surface area contributed by atoms with Crippen LogP contribution in [0.4, 0.5) is 16.3 Å². The number of rotatable bonds is 3. The van der Waals surface area contributed by atoms with Gasteiger partial charge in [-0.3, -0.25) is 5.32 Å². The maximum Gasteiger partial charge on any atom is 0.325 e. The number of H-pyrrole nitrogens is 1. The highest BCUT2D eigenvalue weighted by molar-refractivity contribution is 6.04. The molecule has 0 atom stereocenters. The Morgan fingerprint density at radius 3 is 2.90 bits per heavy atom. The molecule has 0 spiro atoms. The van der Waals surface area contributed by atoms with Gasteiger partial charge in [0, 0.05) is 23.6 Å². The lowest BCUT2D eigenvalue weighted by Crippen LogP contribution is -2.19. The van der Waals surface area contributed by atoms with Gasteiger partial charge in [-0.15, -0.1) is 0 Å². The van der Waals surface area contributed by atoms with Crippen molar-refractivity contribution in [2.24, 2.45) is 0 Å². The van der Waals surface area contributed by atoms with Crippen LogP contribution in [0.5, 0.6) is 0 Å². The fourth-order valence-corrected chi connectivity index (χ4v) is 2.08. The Balaban J connectivity index is 1.72. The third kappa shape index (κ3) is 2.74. The molecule has 0 fully saturated rings. The minimum Gasteiger partial charge on any atom is -0.359 e. The fourth-order valence-electron chi connectivity index (χ4n) is 2.08. The van der Waals surface area contributed by atoms with Gasteiger partial charge < -0.3 is 14.8 Å². The highest BCUT2D eigenvalue weighted by atomic mass is 16.5. The summed E-state index contributed by atoms with van der Waals surface area (Å²) in [6, 6.07) is 9.01. The molecule has 3 N–H and O–H groups in total. The minimum absolute atomic E-state index is 0.226. The first-order valence-corrected chi connectivity index (χ1v) is 6.74. The number of benzene rings is 1. The minimum atomic E-state index is -0.360. The van der Waals surface area contributed by atoms with Gasteiger partial charge in [0.2, 0.25) is 0 Å². The zero-order valence-electron chi connectivity index (χ0n) is 11.8. The van der Waals surface area contributed by atoms with E-state index in [-0.39, 0.29) is 11.9 Å². The molecule has 0 aliphatic carbocycles. The average Bonchev–Trinajstić information content (AvgIpc) is 3.07. The molecule has 2 amide bonds. The van der Waals surface area contributed by atoms with E-state index in [0.717, 1.165) is 16.7 Å². The molecule has 0 unspecified atom stereocenters. The molecule has 108 valence electrons. The summed E-state index contributed by atoms with van der Waals surface area (Å²) >= 11 is 0. The van der Waals surface area contributed by atoms with Gasteiger partial charge in [-0.25, -0.2) is 4.79 Å². The molecule has 6 nitrogen and oxygen atoms in total. The number of hydrogen-bond acceptors (Lipinski definition) is 3. The summed E-state index contributed by atoms with van der Waals surface area (Å²) in [5.41, 5.74) is 1.60. The van der Waals surface area contributed by atoms with Crippen molar-refractivity contribution in [1.82, 2.24) is 10.1 Å². The van der Waals surface area contributed by atoms with Gasteiger partial charge in [-0.1, -0.05) is 31.1 Å². The number of nitrogens with one attached hydrogen (secondary N) is 3. The monoisotopic (exact) mass is 284 g/mol. The molecule has 0 aliphatic rings. The van der Waals surface area contributed by atoms with Crippen molar-refractivity contribution in [1.29, 1.82) is 0 Å². The number of para-hydroxylation sites is 1. The van der Waals surface area contributed by atoms with Crippen LogP contribution in [-0.4, -0.2) is 16.2 Å². The lowest BCUT2D eigenvalue weighted by atomic mass is 10.2. The second-order valence-corrected chi connectivity index (χ2v) is 5.10. The summed E-state index contributed by atoms with van der Waals surface area (Å²) in [6.45, 7) is 3.99. The molecular formula is C15H16N4O2. The van der Waals surface area contributed by atoms with Crippen molar-refractivity contribution in [3.8, 4) is 0 Å². The fraction of sp³-hybridized carbons (Fsp3) is 0.200. The number of amides is 2. The van der Waals surface area contributed by atoms with Gasteiger partial charge in [0.15, 0.2) is 5.82 Å². The van der Waals surface area contributed by atoms with Gasteiger partial charge in [-0.05, 0) is 12.1 Å². The van der Waals surface area contributed by atoms with Crippen LogP contribution in [0.25, 0.3) is 10.9 Å². The van der Waals surface area contributed by atoms with E-state index in [1.807, 2.05) is 44.3 Å². The predicted octanol–water partition coefficient (Wildman–Crippen LogP) is 3.92. The number of nitrogens with zero attached hydrogens (tertiary/aromatic N) is 1. The van der Waals surface area contributed by atoms with Gasteiger partial charge >= 0.3 is 6.03 Å². The van der Waals surface area contributed by atoms with Crippen LogP contribution in [0.15, 0.2) is 41.1 Å². The van der Waals surface area contributed by atoms with Gasteiger partial charge in [0.05, 0.1) is 11.2 Å². The number of carbonyl (C=O) groups excluding carboxylic acids is 1. The van der Waals surface area contributed by atoms with Gasteiger partial charge in [0.25, 0.3) is 0 Å². The van der Waals surface area contributed by atoms with Crippen LogP contribution in [0.1, 0.15) is 25.5 Å². The van der Waals surface area contributed by atoms with Crippen molar-refractivity contribution in [3.05, 3.63) is 42.3 Å². The zero-order chi connectivity index (χ0) is 14.8. The van der Waals surface area contributed by atoms with E-state index < -0.39 is 0 Å². The normalized spacial score (nSPS) is 11.0. The molecule has 21 heavy (non-hydrogen) atoms. The Morgan fingerprint density at radius 1 is 1.29 bits per heavy atom. The molecule has 0 radical (unpaired) electrons. The topological polar surface area (TPSA) is 83.0 Å².